The van der Waals surface area contributed by atoms with E-state index in [1.807, 2.05) is 0 Å². The van der Waals surface area contributed by atoms with Crippen molar-refractivity contribution >= 4 is 6.08 Å². The monoisotopic (exact) mass is 213 g/mol. The molecule has 0 fully saturated rings. The zero-order chi connectivity index (χ0) is 11.6. The zero-order valence-electron chi connectivity index (χ0n) is 8.43. The highest BCUT2D eigenvalue weighted by molar-refractivity contribution is 5.56. The first-order chi connectivity index (χ1) is 6.88. The van der Waals surface area contributed by atoms with Crippen LogP contribution in [0.3, 0.4) is 0 Å². The van der Waals surface area contributed by atoms with Crippen LogP contribution >= 0.6 is 0 Å². The molecule has 0 heterocycles. The van der Waals surface area contributed by atoms with Gasteiger partial charge >= 0.3 is 6.18 Å². The average Bonchev–Trinajstić information content (AvgIpc) is 2.15. The van der Waals surface area contributed by atoms with Crippen molar-refractivity contribution in [3.8, 4) is 0 Å². The molecule has 0 amide bonds. The third-order valence-corrected chi connectivity index (χ3v) is 2.16. The van der Waals surface area contributed by atoms with Crippen molar-refractivity contribution < 1.29 is 13.2 Å². The number of hydrogen-bond donors (Lipinski definition) is 0. The summed E-state index contributed by atoms with van der Waals surface area (Å²) in [5.74, 6) is -0.401. The molecule has 0 aliphatic carbocycles. The van der Waals surface area contributed by atoms with E-state index >= 15 is 0 Å². The Kier molecular flexibility index (Phi) is 3.22. The van der Waals surface area contributed by atoms with Crippen LogP contribution in [0.1, 0.15) is 29.5 Å². The summed E-state index contributed by atoms with van der Waals surface area (Å²) in [6.07, 6.45) is -3.14. The highest BCUT2D eigenvalue weighted by Gasteiger charge is 2.35. The minimum Gasteiger partial charge on any atom is -0.166 e. The first kappa shape index (κ1) is 11.8. The number of halogens is 3. The van der Waals surface area contributed by atoms with E-state index < -0.39 is 17.7 Å². The highest BCUT2D eigenvalue weighted by Crippen LogP contribution is 2.37. The lowest BCUT2D eigenvalue weighted by atomic mass is 9.93. The third kappa shape index (κ3) is 2.41. The second-order valence-electron chi connectivity index (χ2n) is 3.41. The Hall–Kier alpha value is -1.25. The second-order valence-corrected chi connectivity index (χ2v) is 3.41. The summed E-state index contributed by atoms with van der Waals surface area (Å²) < 4.78 is 38.3. The molecule has 1 aromatic rings. The lowest BCUT2D eigenvalue weighted by Gasteiger charge is -2.17. The van der Waals surface area contributed by atoms with E-state index in [0.717, 1.165) is 0 Å². The van der Waals surface area contributed by atoms with Gasteiger partial charge in [-0.25, -0.2) is 0 Å². The normalized spacial score (nSPS) is 11.9. The first-order valence-electron chi connectivity index (χ1n) is 4.53. The quantitative estimate of drug-likeness (QED) is 0.687. The number of alkyl halides is 3. The average molecular weight is 213 g/mol. The summed E-state index contributed by atoms with van der Waals surface area (Å²) >= 11 is 0. The summed E-state index contributed by atoms with van der Waals surface area (Å²) in [5.41, 5.74) is -0.307. The predicted octanol–water partition coefficient (Wildman–Crippen LogP) is 4.29. The van der Waals surface area contributed by atoms with Gasteiger partial charge in [0.25, 0.3) is 0 Å². The van der Waals surface area contributed by atoms with Crippen LogP contribution in [0.15, 0.2) is 24.8 Å². The van der Waals surface area contributed by atoms with Crippen LogP contribution in [-0.4, -0.2) is 0 Å². The zero-order valence-corrected chi connectivity index (χ0v) is 8.43. The van der Waals surface area contributed by atoms with E-state index in [9.17, 15) is 13.2 Å². The van der Waals surface area contributed by atoms with E-state index in [4.69, 9.17) is 0 Å². The van der Waals surface area contributed by atoms with Gasteiger partial charge in [0.05, 0.1) is 5.56 Å². The van der Waals surface area contributed by atoms with Crippen molar-refractivity contribution in [1.82, 2.24) is 0 Å². The van der Waals surface area contributed by atoms with E-state index in [-0.39, 0.29) is 11.1 Å². The van der Waals surface area contributed by atoms with Crippen LogP contribution in [0.2, 0.25) is 0 Å². The fraction of sp³-hybridized carbons (Fsp3) is 0.250. The van der Waals surface area contributed by atoms with Crippen molar-refractivity contribution in [3.05, 3.63) is 48.4 Å². The number of benzene rings is 1. The van der Waals surface area contributed by atoms with Gasteiger partial charge in [0.1, 0.15) is 0 Å². The van der Waals surface area contributed by atoms with Gasteiger partial charge in [-0.2, -0.15) is 13.2 Å². The Bertz CT molecular complexity index is 362. The molecule has 0 aliphatic rings. The largest absolute Gasteiger partial charge is 0.417 e. The fourth-order valence-electron chi connectivity index (χ4n) is 1.50. The fourth-order valence-corrected chi connectivity index (χ4v) is 1.50. The molecule has 1 unspecified atom stereocenters. The molecule has 1 radical (unpaired) electrons. The molecule has 15 heavy (non-hydrogen) atoms. The van der Waals surface area contributed by atoms with Crippen LogP contribution in [-0.2, 0) is 6.18 Å². The van der Waals surface area contributed by atoms with Crippen molar-refractivity contribution in [2.45, 2.75) is 19.0 Å². The molecule has 0 saturated heterocycles. The Labute approximate surface area is 87.4 Å². The highest BCUT2D eigenvalue weighted by atomic mass is 19.4. The maximum Gasteiger partial charge on any atom is 0.417 e. The van der Waals surface area contributed by atoms with Crippen molar-refractivity contribution in [2.75, 3.05) is 0 Å². The summed E-state index contributed by atoms with van der Waals surface area (Å²) in [6.45, 7) is 8.65. The molecule has 0 nitrogen and oxygen atoms in total. The lowest BCUT2D eigenvalue weighted by Crippen LogP contribution is -2.12. The third-order valence-electron chi connectivity index (χ3n) is 2.16. The molecule has 0 saturated carbocycles. The van der Waals surface area contributed by atoms with Crippen LogP contribution in [0.5, 0.6) is 0 Å². The Morgan fingerprint density at radius 1 is 1.33 bits per heavy atom. The SMILES string of the molecule is [CH2]C(C)c1cccc(C=C)c1C(F)(F)F. The predicted molar refractivity (Wildman–Crippen MR) is 55.3 cm³/mol. The maximum atomic E-state index is 12.8. The molecule has 0 N–H and O–H groups in total. The molecular formula is C12H12F3. The number of hydrogen-bond acceptors (Lipinski definition) is 0. The molecular weight excluding hydrogens is 201 g/mol. The van der Waals surface area contributed by atoms with E-state index in [1.165, 1.54) is 18.2 Å². The first-order valence-corrected chi connectivity index (χ1v) is 4.53. The summed E-state index contributed by atoms with van der Waals surface area (Å²) in [4.78, 5) is 0. The van der Waals surface area contributed by atoms with Gasteiger partial charge < -0.3 is 0 Å². The van der Waals surface area contributed by atoms with Gasteiger partial charge in [-0.05, 0) is 24.0 Å². The molecule has 0 aliphatic heterocycles. The molecule has 1 aromatic carbocycles. The molecule has 0 spiro atoms. The maximum absolute atomic E-state index is 12.8. The molecule has 0 bridgehead atoms. The van der Waals surface area contributed by atoms with Gasteiger partial charge in [0.2, 0.25) is 0 Å². The second kappa shape index (κ2) is 4.09. The van der Waals surface area contributed by atoms with Crippen molar-refractivity contribution in [2.24, 2.45) is 0 Å². The minimum atomic E-state index is -4.36. The molecule has 0 aromatic heterocycles. The van der Waals surface area contributed by atoms with Crippen LogP contribution in [0, 0.1) is 6.92 Å². The van der Waals surface area contributed by atoms with Gasteiger partial charge in [-0.15, -0.1) is 0 Å². The van der Waals surface area contributed by atoms with Gasteiger partial charge in [-0.1, -0.05) is 37.8 Å². The van der Waals surface area contributed by atoms with Gasteiger partial charge in [-0.3, -0.25) is 0 Å². The van der Waals surface area contributed by atoms with Crippen molar-refractivity contribution in [1.29, 1.82) is 0 Å². The molecule has 3 heteroatoms. The Morgan fingerprint density at radius 3 is 2.33 bits per heavy atom. The Balaban J connectivity index is 3.47. The Morgan fingerprint density at radius 2 is 1.93 bits per heavy atom. The summed E-state index contributed by atoms with van der Waals surface area (Å²) in [7, 11) is 0. The van der Waals surface area contributed by atoms with Crippen LogP contribution < -0.4 is 0 Å². The van der Waals surface area contributed by atoms with Gasteiger partial charge in [0.15, 0.2) is 0 Å². The molecule has 1 atom stereocenters. The molecule has 81 valence electrons. The summed E-state index contributed by atoms with van der Waals surface area (Å²) in [5, 5.41) is 0. The van der Waals surface area contributed by atoms with Crippen molar-refractivity contribution in [3.63, 3.8) is 0 Å². The smallest absolute Gasteiger partial charge is 0.166 e. The minimum absolute atomic E-state index is 0.107. The molecule has 1 rings (SSSR count). The van der Waals surface area contributed by atoms with Crippen LogP contribution in [0.4, 0.5) is 13.2 Å². The number of rotatable bonds is 2. The summed E-state index contributed by atoms with van der Waals surface area (Å²) in [6, 6.07) is 4.44. The standard InChI is InChI=1S/C12H12F3/c1-4-9-6-5-7-10(8(2)3)11(9)12(13,14)15/h4-8H,1-2H2,3H3. The van der Waals surface area contributed by atoms with E-state index in [2.05, 4.69) is 13.5 Å². The van der Waals surface area contributed by atoms with E-state index in [1.54, 1.807) is 13.0 Å². The van der Waals surface area contributed by atoms with E-state index in [0.29, 0.717) is 0 Å². The van der Waals surface area contributed by atoms with Crippen LogP contribution in [0.25, 0.3) is 6.08 Å². The topological polar surface area (TPSA) is 0 Å². The van der Waals surface area contributed by atoms with Gasteiger partial charge in [0, 0.05) is 0 Å². The lowest BCUT2D eigenvalue weighted by molar-refractivity contribution is -0.138.